The fourth-order valence-electron chi connectivity index (χ4n) is 2.26. The number of carbonyl (C=O) groups excluding carboxylic acids is 1. The maximum Gasteiger partial charge on any atom is 0.273 e. The van der Waals surface area contributed by atoms with Crippen LogP contribution in [0.5, 0.6) is 0 Å². The number of aliphatic hydroxyl groups excluding tert-OH is 1. The predicted molar refractivity (Wildman–Crippen MR) is 64.2 cm³/mol. The van der Waals surface area contributed by atoms with Crippen LogP contribution >= 0.6 is 0 Å². The Balaban J connectivity index is 2.30. The first-order chi connectivity index (χ1) is 9.02. The first kappa shape index (κ1) is 13.4. The number of hydrogen-bond donors (Lipinski definition) is 1. The standard InChI is InChI=1S/C12H13FN2O4/c13-9-4-8(5-11(6-9)15(18)19)12(17)14-3-1-2-10(14)7-16/h4-6,10,16H,1-3,7H2/t10-/m0/s1. The Morgan fingerprint density at radius 2 is 2.26 bits per heavy atom. The third-order valence-electron chi connectivity index (χ3n) is 3.19. The van der Waals surface area contributed by atoms with Gasteiger partial charge in [-0.3, -0.25) is 14.9 Å². The number of nitro groups is 1. The molecule has 1 aromatic carbocycles. The summed E-state index contributed by atoms with van der Waals surface area (Å²) in [4.78, 5) is 23.5. The fraction of sp³-hybridized carbons (Fsp3) is 0.417. The van der Waals surface area contributed by atoms with Gasteiger partial charge in [0.1, 0.15) is 5.82 Å². The maximum atomic E-state index is 13.3. The minimum absolute atomic E-state index is 0.0629. The Morgan fingerprint density at radius 1 is 1.53 bits per heavy atom. The molecule has 1 amide bonds. The van der Waals surface area contributed by atoms with Crippen LogP contribution in [-0.2, 0) is 0 Å². The van der Waals surface area contributed by atoms with Crippen LogP contribution in [0.3, 0.4) is 0 Å². The summed E-state index contributed by atoms with van der Waals surface area (Å²) in [5, 5.41) is 19.8. The van der Waals surface area contributed by atoms with E-state index in [4.69, 9.17) is 5.11 Å². The first-order valence-electron chi connectivity index (χ1n) is 5.89. The molecule has 1 aromatic rings. The minimum Gasteiger partial charge on any atom is -0.394 e. The van der Waals surface area contributed by atoms with Gasteiger partial charge in [0.2, 0.25) is 0 Å². The van der Waals surface area contributed by atoms with Gasteiger partial charge in [-0.1, -0.05) is 0 Å². The third-order valence-corrected chi connectivity index (χ3v) is 3.19. The summed E-state index contributed by atoms with van der Waals surface area (Å²) in [6.45, 7) is 0.303. The number of halogens is 1. The van der Waals surface area contributed by atoms with Crippen molar-refractivity contribution in [1.82, 2.24) is 4.90 Å². The second-order valence-electron chi connectivity index (χ2n) is 4.43. The number of rotatable bonds is 3. The van der Waals surface area contributed by atoms with Gasteiger partial charge < -0.3 is 10.0 Å². The molecule has 1 aliphatic rings. The van der Waals surface area contributed by atoms with E-state index in [1.807, 2.05) is 0 Å². The van der Waals surface area contributed by atoms with Crippen molar-refractivity contribution in [2.45, 2.75) is 18.9 Å². The molecule has 0 aromatic heterocycles. The Hall–Kier alpha value is -2.02. The average Bonchev–Trinajstić information content (AvgIpc) is 2.85. The highest BCUT2D eigenvalue weighted by Gasteiger charge is 2.29. The third kappa shape index (κ3) is 2.70. The van der Waals surface area contributed by atoms with E-state index in [1.54, 1.807) is 0 Å². The zero-order valence-electron chi connectivity index (χ0n) is 10.1. The monoisotopic (exact) mass is 268 g/mol. The molecule has 2 rings (SSSR count). The van der Waals surface area contributed by atoms with Crippen molar-refractivity contribution in [3.8, 4) is 0 Å². The van der Waals surface area contributed by atoms with Gasteiger partial charge in [0.15, 0.2) is 0 Å². The van der Waals surface area contributed by atoms with E-state index in [2.05, 4.69) is 0 Å². The van der Waals surface area contributed by atoms with Crippen molar-refractivity contribution < 1.29 is 19.2 Å². The molecule has 1 heterocycles. The van der Waals surface area contributed by atoms with E-state index in [0.29, 0.717) is 13.0 Å². The molecule has 0 radical (unpaired) electrons. The Kier molecular flexibility index (Phi) is 3.75. The van der Waals surface area contributed by atoms with E-state index in [9.17, 15) is 19.3 Å². The van der Waals surface area contributed by atoms with Crippen LogP contribution in [0.15, 0.2) is 18.2 Å². The van der Waals surface area contributed by atoms with E-state index in [0.717, 1.165) is 24.6 Å². The number of nitro benzene ring substituents is 1. The van der Waals surface area contributed by atoms with E-state index >= 15 is 0 Å². The van der Waals surface area contributed by atoms with Crippen molar-refractivity contribution >= 4 is 11.6 Å². The van der Waals surface area contributed by atoms with Crippen LogP contribution in [-0.4, -0.2) is 40.0 Å². The number of benzene rings is 1. The van der Waals surface area contributed by atoms with Gasteiger partial charge in [0.25, 0.3) is 11.6 Å². The Bertz CT molecular complexity index is 520. The molecule has 1 atom stereocenters. The smallest absolute Gasteiger partial charge is 0.273 e. The molecule has 19 heavy (non-hydrogen) atoms. The molecule has 1 saturated heterocycles. The lowest BCUT2D eigenvalue weighted by molar-refractivity contribution is -0.385. The van der Waals surface area contributed by atoms with Crippen LogP contribution in [0.1, 0.15) is 23.2 Å². The molecule has 0 saturated carbocycles. The van der Waals surface area contributed by atoms with Crippen molar-refractivity contribution in [3.05, 3.63) is 39.7 Å². The van der Waals surface area contributed by atoms with Crippen molar-refractivity contribution in [2.24, 2.45) is 0 Å². The largest absolute Gasteiger partial charge is 0.394 e. The van der Waals surface area contributed by atoms with Crippen LogP contribution < -0.4 is 0 Å². The summed E-state index contributed by atoms with van der Waals surface area (Å²) < 4.78 is 13.3. The second kappa shape index (κ2) is 5.31. The molecule has 0 unspecified atom stereocenters. The number of non-ortho nitro benzene ring substituents is 1. The molecule has 0 spiro atoms. The number of likely N-dealkylation sites (tertiary alicyclic amines) is 1. The highest BCUT2D eigenvalue weighted by molar-refractivity contribution is 5.95. The molecule has 1 aliphatic heterocycles. The average molecular weight is 268 g/mol. The molecule has 102 valence electrons. The molecular formula is C12H13FN2O4. The minimum atomic E-state index is -0.822. The summed E-state index contributed by atoms with van der Waals surface area (Å²) in [5.74, 6) is -1.31. The van der Waals surface area contributed by atoms with Crippen molar-refractivity contribution in [3.63, 3.8) is 0 Å². The van der Waals surface area contributed by atoms with Crippen LogP contribution in [0.25, 0.3) is 0 Å². The molecule has 1 N–H and O–H groups in total. The van der Waals surface area contributed by atoms with Gasteiger partial charge in [-0.05, 0) is 18.9 Å². The van der Waals surface area contributed by atoms with E-state index in [1.165, 1.54) is 4.90 Å². The number of nitrogens with zero attached hydrogens (tertiary/aromatic N) is 2. The maximum absolute atomic E-state index is 13.3. The highest BCUT2D eigenvalue weighted by Crippen LogP contribution is 2.22. The highest BCUT2D eigenvalue weighted by atomic mass is 19.1. The predicted octanol–water partition coefficient (Wildman–Crippen LogP) is 1.33. The summed E-state index contributed by atoms with van der Waals surface area (Å²) >= 11 is 0. The molecular weight excluding hydrogens is 255 g/mol. The van der Waals surface area contributed by atoms with E-state index < -0.39 is 22.3 Å². The normalized spacial score (nSPS) is 18.6. The molecule has 0 bridgehead atoms. The summed E-state index contributed by atoms with van der Waals surface area (Å²) in [6.07, 6.45) is 1.44. The summed E-state index contributed by atoms with van der Waals surface area (Å²) in [7, 11) is 0. The molecule has 7 heteroatoms. The van der Waals surface area contributed by atoms with Gasteiger partial charge >= 0.3 is 0 Å². The van der Waals surface area contributed by atoms with Crippen molar-refractivity contribution in [1.29, 1.82) is 0 Å². The van der Waals surface area contributed by atoms with Crippen LogP contribution in [0.2, 0.25) is 0 Å². The quantitative estimate of drug-likeness (QED) is 0.662. The lowest BCUT2D eigenvalue weighted by Gasteiger charge is -2.22. The Morgan fingerprint density at radius 3 is 2.89 bits per heavy atom. The zero-order valence-corrected chi connectivity index (χ0v) is 10.1. The molecule has 6 nitrogen and oxygen atoms in total. The van der Waals surface area contributed by atoms with Crippen LogP contribution in [0.4, 0.5) is 10.1 Å². The molecule has 0 aliphatic carbocycles. The lowest BCUT2D eigenvalue weighted by atomic mass is 10.1. The fourth-order valence-corrected chi connectivity index (χ4v) is 2.26. The molecule has 1 fully saturated rings. The number of carbonyl (C=O) groups is 1. The SMILES string of the molecule is O=C(c1cc(F)cc([N+](=O)[O-])c1)N1CCC[C@H]1CO. The Labute approximate surface area is 108 Å². The van der Waals surface area contributed by atoms with Gasteiger partial charge in [0, 0.05) is 18.2 Å². The van der Waals surface area contributed by atoms with Crippen molar-refractivity contribution in [2.75, 3.05) is 13.2 Å². The van der Waals surface area contributed by atoms with Gasteiger partial charge in [-0.25, -0.2) is 4.39 Å². The summed E-state index contributed by atoms with van der Waals surface area (Å²) in [6, 6.07) is 2.50. The van der Waals surface area contributed by atoms with Gasteiger partial charge in [0.05, 0.1) is 23.6 Å². The first-order valence-corrected chi connectivity index (χ1v) is 5.89. The second-order valence-corrected chi connectivity index (χ2v) is 4.43. The summed E-state index contributed by atoms with van der Waals surface area (Å²) in [5.41, 5.74) is -0.518. The van der Waals surface area contributed by atoms with E-state index in [-0.39, 0.29) is 18.2 Å². The number of amides is 1. The number of hydrogen-bond acceptors (Lipinski definition) is 4. The topological polar surface area (TPSA) is 83.7 Å². The van der Waals surface area contributed by atoms with Gasteiger partial charge in [-0.2, -0.15) is 0 Å². The van der Waals surface area contributed by atoms with Crippen LogP contribution in [0, 0.1) is 15.9 Å². The number of aliphatic hydroxyl groups is 1. The lowest BCUT2D eigenvalue weighted by Crippen LogP contribution is -2.37. The van der Waals surface area contributed by atoms with Gasteiger partial charge in [-0.15, -0.1) is 0 Å². The zero-order chi connectivity index (χ0) is 14.0.